The summed E-state index contributed by atoms with van der Waals surface area (Å²) in [4.78, 5) is 9.82. The molecule has 0 aromatic carbocycles. The molecule has 6 heteroatoms. The molecule has 0 unspecified atom stereocenters. The molecular weight excluding hydrogens is 182 g/mol. The first-order valence-corrected chi connectivity index (χ1v) is 4.09. The third kappa shape index (κ3) is 1.93. The molecule has 0 fully saturated rings. The lowest BCUT2D eigenvalue weighted by atomic mass is 10.5. The Kier molecular flexibility index (Phi) is 3.01. The summed E-state index contributed by atoms with van der Waals surface area (Å²) in [5.41, 5.74) is 0. The van der Waals surface area contributed by atoms with Gasteiger partial charge in [-0.1, -0.05) is 11.3 Å². The third-order valence-corrected chi connectivity index (χ3v) is 1.97. The summed E-state index contributed by atoms with van der Waals surface area (Å²) in [6.45, 7) is -0.0649. The monoisotopic (exact) mass is 189 g/mol. The van der Waals surface area contributed by atoms with Gasteiger partial charge in [-0.2, -0.15) is 0 Å². The molecule has 0 saturated carbocycles. The van der Waals surface area contributed by atoms with Crippen LogP contribution in [0.25, 0.3) is 0 Å². The van der Waals surface area contributed by atoms with Gasteiger partial charge in [0.2, 0.25) is 5.75 Å². The highest BCUT2D eigenvalue weighted by Crippen LogP contribution is 2.32. The van der Waals surface area contributed by atoms with Crippen molar-refractivity contribution in [2.24, 2.45) is 0 Å². The molecule has 1 rings (SSSR count). The molecule has 0 spiro atoms. The van der Waals surface area contributed by atoms with Gasteiger partial charge in [0.05, 0.1) is 11.5 Å². The number of aliphatic hydroxyl groups is 1. The minimum absolute atomic E-state index is 0.0246. The largest absolute Gasteiger partial charge is 0.484 e. The molecule has 0 saturated heterocycles. The molecule has 1 heterocycles. The fourth-order valence-electron chi connectivity index (χ4n) is 0.688. The Morgan fingerprint density at radius 2 is 2.50 bits per heavy atom. The minimum atomic E-state index is -0.503. The number of nitro groups is 1. The van der Waals surface area contributed by atoms with E-state index in [1.165, 1.54) is 6.07 Å². The molecule has 1 aromatic heterocycles. The second kappa shape index (κ2) is 4.03. The van der Waals surface area contributed by atoms with Gasteiger partial charge in [-0.3, -0.25) is 10.1 Å². The van der Waals surface area contributed by atoms with Crippen LogP contribution in [0.15, 0.2) is 11.4 Å². The maximum atomic E-state index is 10.3. The van der Waals surface area contributed by atoms with E-state index in [-0.39, 0.29) is 24.0 Å². The zero-order chi connectivity index (χ0) is 8.97. The van der Waals surface area contributed by atoms with Gasteiger partial charge in [-0.25, -0.2) is 0 Å². The fourth-order valence-corrected chi connectivity index (χ4v) is 1.34. The standard InChI is InChI=1S/C6H7NO4S/c8-2-3-11-5-1-4-12-6(5)7(9)10/h1,4,8H,2-3H2. The number of thiophene rings is 1. The molecule has 0 atom stereocenters. The predicted octanol–water partition coefficient (Wildman–Crippen LogP) is 1.03. The van der Waals surface area contributed by atoms with Crippen LogP contribution in [0.5, 0.6) is 5.75 Å². The topological polar surface area (TPSA) is 72.6 Å². The zero-order valence-electron chi connectivity index (χ0n) is 6.10. The Hall–Kier alpha value is -1.14. The van der Waals surface area contributed by atoms with Gasteiger partial charge < -0.3 is 9.84 Å². The molecule has 0 aliphatic rings. The molecule has 12 heavy (non-hydrogen) atoms. The zero-order valence-corrected chi connectivity index (χ0v) is 6.91. The van der Waals surface area contributed by atoms with E-state index in [0.717, 1.165) is 11.3 Å². The Morgan fingerprint density at radius 3 is 3.08 bits per heavy atom. The van der Waals surface area contributed by atoms with Crippen LogP contribution in [0.1, 0.15) is 0 Å². The van der Waals surface area contributed by atoms with Crippen molar-refractivity contribution in [3.63, 3.8) is 0 Å². The van der Waals surface area contributed by atoms with Crippen LogP contribution >= 0.6 is 11.3 Å². The molecule has 66 valence electrons. The van der Waals surface area contributed by atoms with Crippen molar-refractivity contribution in [1.82, 2.24) is 0 Å². The molecule has 0 bridgehead atoms. The highest BCUT2D eigenvalue weighted by atomic mass is 32.1. The summed E-state index contributed by atoms with van der Waals surface area (Å²) in [5.74, 6) is 0.221. The lowest BCUT2D eigenvalue weighted by Gasteiger charge is -1.98. The van der Waals surface area contributed by atoms with E-state index >= 15 is 0 Å². The van der Waals surface area contributed by atoms with E-state index < -0.39 is 4.92 Å². The average Bonchev–Trinajstić information content (AvgIpc) is 2.48. The molecule has 1 aromatic rings. The van der Waals surface area contributed by atoms with Crippen molar-refractivity contribution < 1.29 is 14.8 Å². The highest BCUT2D eigenvalue weighted by Gasteiger charge is 2.15. The molecule has 5 nitrogen and oxygen atoms in total. The molecule has 0 amide bonds. The van der Waals surface area contributed by atoms with E-state index in [1.54, 1.807) is 5.38 Å². The van der Waals surface area contributed by atoms with Crippen LogP contribution < -0.4 is 4.74 Å². The second-order valence-corrected chi connectivity index (χ2v) is 2.81. The summed E-state index contributed by atoms with van der Waals surface area (Å²) in [6, 6.07) is 1.51. The number of aliphatic hydroxyl groups excluding tert-OH is 1. The van der Waals surface area contributed by atoms with Gasteiger partial charge in [0, 0.05) is 5.38 Å². The van der Waals surface area contributed by atoms with Crippen LogP contribution in [0.4, 0.5) is 5.00 Å². The summed E-state index contributed by atoms with van der Waals surface area (Å²) in [5, 5.41) is 20.3. The maximum Gasteiger partial charge on any atom is 0.365 e. The van der Waals surface area contributed by atoms with Crippen molar-refractivity contribution >= 4 is 16.3 Å². The molecule has 0 aliphatic heterocycles. The van der Waals surface area contributed by atoms with Gasteiger partial charge in [0.1, 0.15) is 6.61 Å². The summed E-state index contributed by atoms with van der Waals surface area (Å²) < 4.78 is 4.91. The van der Waals surface area contributed by atoms with Crippen molar-refractivity contribution in [3.05, 3.63) is 21.6 Å². The normalized spacial score (nSPS) is 9.75. The van der Waals surface area contributed by atoms with Crippen LogP contribution in [0.3, 0.4) is 0 Å². The molecule has 0 radical (unpaired) electrons. The van der Waals surface area contributed by atoms with Crippen molar-refractivity contribution in [3.8, 4) is 5.75 Å². The number of hydrogen-bond donors (Lipinski definition) is 1. The van der Waals surface area contributed by atoms with Crippen LogP contribution in [0, 0.1) is 10.1 Å². The van der Waals surface area contributed by atoms with Gasteiger partial charge in [-0.15, -0.1) is 0 Å². The number of hydrogen-bond acceptors (Lipinski definition) is 5. The summed E-state index contributed by atoms with van der Waals surface area (Å²) >= 11 is 1.00. The first-order valence-electron chi connectivity index (χ1n) is 3.21. The third-order valence-electron chi connectivity index (χ3n) is 1.12. The van der Waals surface area contributed by atoms with Crippen molar-refractivity contribution in [2.45, 2.75) is 0 Å². The fraction of sp³-hybridized carbons (Fsp3) is 0.333. The highest BCUT2D eigenvalue weighted by molar-refractivity contribution is 7.13. The Morgan fingerprint density at radius 1 is 1.75 bits per heavy atom. The van der Waals surface area contributed by atoms with Gasteiger partial charge in [0.25, 0.3) is 0 Å². The average molecular weight is 189 g/mol. The number of nitrogens with zero attached hydrogens (tertiary/aromatic N) is 1. The van der Waals surface area contributed by atoms with Gasteiger partial charge in [0.15, 0.2) is 0 Å². The maximum absolute atomic E-state index is 10.3. The van der Waals surface area contributed by atoms with Crippen LogP contribution in [-0.4, -0.2) is 23.2 Å². The lowest BCUT2D eigenvalue weighted by Crippen LogP contribution is -2.02. The van der Waals surface area contributed by atoms with Crippen molar-refractivity contribution in [1.29, 1.82) is 0 Å². The van der Waals surface area contributed by atoms with E-state index in [2.05, 4.69) is 0 Å². The van der Waals surface area contributed by atoms with Crippen LogP contribution in [-0.2, 0) is 0 Å². The van der Waals surface area contributed by atoms with Gasteiger partial charge in [-0.05, 0) is 6.07 Å². The minimum Gasteiger partial charge on any atom is -0.484 e. The summed E-state index contributed by atoms with van der Waals surface area (Å²) in [7, 11) is 0. The molecular formula is C6H7NO4S. The van der Waals surface area contributed by atoms with Gasteiger partial charge >= 0.3 is 5.00 Å². The summed E-state index contributed by atoms with van der Waals surface area (Å²) in [6.07, 6.45) is 0. The van der Waals surface area contributed by atoms with E-state index in [0.29, 0.717) is 0 Å². The molecule has 1 N–H and O–H groups in total. The SMILES string of the molecule is O=[N+]([O-])c1sccc1OCCO. The number of rotatable bonds is 4. The van der Waals surface area contributed by atoms with Crippen LogP contribution in [0.2, 0.25) is 0 Å². The Bertz CT molecular complexity index is 272. The lowest BCUT2D eigenvalue weighted by molar-refractivity contribution is -0.381. The Balaban J connectivity index is 2.70. The van der Waals surface area contributed by atoms with E-state index in [9.17, 15) is 10.1 Å². The second-order valence-electron chi connectivity index (χ2n) is 1.92. The van der Waals surface area contributed by atoms with E-state index in [1.807, 2.05) is 0 Å². The first-order chi connectivity index (χ1) is 5.75. The predicted molar refractivity (Wildman–Crippen MR) is 43.6 cm³/mol. The first kappa shape index (κ1) is 8.95. The Labute approximate surface area is 72.4 Å². The van der Waals surface area contributed by atoms with E-state index in [4.69, 9.17) is 9.84 Å². The van der Waals surface area contributed by atoms with Crippen molar-refractivity contribution in [2.75, 3.05) is 13.2 Å². The smallest absolute Gasteiger partial charge is 0.365 e. The quantitative estimate of drug-likeness (QED) is 0.567. The molecule has 0 aliphatic carbocycles. The number of ether oxygens (including phenoxy) is 1.